The number of hydrogen-bond donors (Lipinski definition) is 1. The van der Waals surface area contributed by atoms with Gasteiger partial charge >= 0.3 is 0 Å². The van der Waals surface area contributed by atoms with Crippen LogP contribution in [0.5, 0.6) is 0 Å². The first kappa shape index (κ1) is 16.9. The summed E-state index contributed by atoms with van der Waals surface area (Å²) < 4.78 is 10.5. The van der Waals surface area contributed by atoms with E-state index < -0.39 is 0 Å². The van der Waals surface area contributed by atoms with Gasteiger partial charge in [-0.3, -0.25) is 0 Å². The Morgan fingerprint density at radius 1 is 1.06 bits per heavy atom. The van der Waals surface area contributed by atoms with Gasteiger partial charge in [-0.05, 0) is 45.6 Å². The largest absolute Gasteiger partial charge is 0.382 e. The molecule has 0 saturated carbocycles. The van der Waals surface area contributed by atoms with Gasteiger partial charge in [0.15, 0.2) is 0 Å². The van der Waals surface area contributed by atoms with Gasteiger partial charge in [-0.2, -0.15) is 0 Å². The molecule has 0 rings (SSSR count). The van der Waals surface area contributed by atoms with E-state index in [1.165, 1.54) is 0 Å². The number of hydrogen-bond acceptors (Lipinski definition) is 3. The van der Waals surface area contributed by atoms with Gasteiger partial charge in [0.25, 0.3) is 0 Å². The van der Waals surface area contributed by atoms with E-state index in [9.17, 15) is 0 Å². The monoisotopic (exact) mass is 245 g/mol. The zero-order chi connectivity index (χ0) is 13.3. The molecule has 0 aliphatic rings. The molecule has 0 spiro atoms. The van der Waals surface area contributed by atoms with Crippen molar-refractivity contribution in [1.29, 1.82) is 0 Å². The van der Waals surface area contributed by atoms with Crippen molar-refractivity contribution in [2.24, 2.45) is 11.8 Å². The van der Waals surface area contributed by atoms with Crippen LogP contribution in [0.25, 0.3) is 0 Å². The fraction of sp³-hybridized carbons (Fsp3) is 1.00. The molecular weight excluding hydrogens is 214 g/mol. The highest BCUT2D eigenvalue weighted by Gasteiger charge is 2.16. The molecule has 0 heterocycles. The second-order valence-corrected chi connectivity index (χ2v) is 6.03. The zero-order valence-electron chi connectivity index (χ0n) is 12.5. The molecule has 1 unspecified atom stereocenters. The molecule has 0 amide bonds. The van der Waals surface area contributed by atoms with E-state index in [1.54, 1.807) is 7.11 Å². The topological polar surface area (TPSA) is 30.5 Å². The lowest BCUT2D eigenvalue weighted by atomic mass is 9.92. The van der Waals surface area contributed by atoms with Crippen LogP contribution in [0, 0.1) is 11.8 Å². The smallest absolute Gasteiger partial charge is 0.0700 e. The first-order valence-corrected chi connectivity index (χ1v) is 6.68. The summed E-state index contributed by atoms with van der Waals surface area (Å²) in [6, 6.07) is 0. The summed E-state index contributed by atoms with van der Waals surface area (Å²) in [6.45, 7) is 14.5. The van der Waals surface area contributed by atoms with Crippen LogP contribution in [0.4, 0.5) is 0 Å². The Morgan fingerprint density at radius 2 is 1.71 bits per heavy atom. The summed E-state index contributed by atoms with van der Waals surface area (Å²) >= 11 is 0. The highest BCUT2D eigenvalue weighted by atomic mass is 16.5. The van der Waals surface area contributed by atoms with Gasteiger partial charge in [0.1, 0.15) is 0 Å². The number of methoxy groups -OCH3 is 1. The molecule has 0 saturated heterocycles. The van der Waals surface area contributed by atoms with Crippen molar-refractivity contribution in [3.63, 3.8) is 0 Å². The van der Waals surface area contributed by atoms with Gasteiger partial charge < -0.3 is 14.8 Å². The number of ether oxygens (including phenoxy) is 2. The van der Waals surface area contributed by atoms with Crippen molar-refractivity contribution in [1.82, 2.24) is 5.32 Å². The lowest BCUT2D eigenvalue weighted by Crippen LogP contribution is -2.40. The third kappa shape index (κ3) is 10.7. The van der Waals surface area contributed by atoms with Crippen molar-refractivity contribution in [2.75, 3.05) is 33.5 Å². The Labute approximate surface area is 107 Å². The predicted octanol–water partition coefficient (Wildman–Crippen LogP) is 2.70. The molecule has 0 radical (unpaired) electrons. The molecule has 0 aliphatic heterocycles. The number of nitrogens with one attached hydrogen (secondary N) is 1. The van der Waals surface area contributed by atoms with E-state index in [1.807, 2.05) is 0 Å². The molecule has 104 valence electrons. The van der Waals surface area contributed by atoms with Crippen molar-refractivity contribution >= 4 is 0 Å². The minimum Gasteiger partial charge on any atom is -0.382 e. The molecule has 1 atom stereocenters. The molecule has 17 heavy (non-hydrogen) atoms. The van der Waals surface area contributed by atoms with E-state index in [4.69, 9.17) is 9.47 Å². The van der Waals surface area contributed by atoms with Crippen LogP contribution in [0.3, 0.4) is 0 Å². The van der Waals surface area contributed by atoms with E-state index in [0.29, 0.717) is 25.0 Å². The fourth-order valence-corrected chi connectivity index (χ4v) is 1.59. The molecule has 0 bridgehead atoms. The molecule has 0 fully saturated rings. The molecule has 0 aromatic rings. The number of rotatable bonds is 9. The molecule has 0 aromatic heterocycles. The summed E-state index contributed by atoms with van der Waals surface area (Å²) in [4.78, 5) is 0. The third-order valence-corrected chi connectivity index (χ3v) is 2.90. The lowest BCUT2D eigenvalue weighted by molar-refractivity contribution is 0.0601. The van der Waals surface area contributed by atoms with Crippen molar-refractivity contribution < 1.29 is 9.47 Å². The Morgan fingerprint density at radius 3 is 2.18 bits per heavy atom. The average Bonchev–Trinajstić information content (AvgIpc) is 2.20. The lowest BCUT2D eigenvalue weighted by Gasteiger charge is -2.27. The molecule has 3 heteroatoms. The Kier molecular flexibility index (Phi) is 8.83. The van der Waals surface area contributed by atoms with Crippen LogP contribution in [0.1, 0.15) is 41.0 Å². The summed E-state index contributed by atoms with van der Waals surface area (Å²) in [5.41, 5.74) is 0.198. The van der Waals surface area contributed by atoms with E-state index in [-0.39, 0.29) is 5.54 Å². The molecular formula is C14H31NO2. The summed E-state index contributed by atoms with van der Waals surface area (Å²) in [6.07, 6.45) is 1.12. The van der Waals surface area contributed by atoms with E-state index >= 15 is 0 Å². The average molecular weight is 245 g/mol. The van der Waals surface area contributed by atoms with Crippen molar-refractivity contribution in [3.8, 4) is 0 Å². The zero-order valence-corrected chi connectivity index (χ0v) is 12.5. The highest BCUT2D eigenvalue weighted by Crippen LogP contribution is 2.15. The van der Waals surface area contributed by atoms with Gasteiger partial charge in [0.05, 0.1) is 13.2 Å². The maximum atomic E-state index is 5.53. The minimum atomic E-state index is 0.198. The maximum absolute atomic E-state index is 5.53. The predicted molar refractivity (Wildman–Crippen MR) is 73.4 cm³/mol. The van der Waals surface area contributed by atoms with Crippen molar-refractivity contribution in [2.45, 2.75) is 46.6 Å². The van der Waals surface area contributed by atoms with Crippen LogP contribution in [0.15, 0.2) is 0 Å². The second-order valence-electron chi connectivity index (χ2n) is 6.03. The van der Waals surface area contributed by atoms with E-state index in [2.05, 4.69) is 39.9 Å². The normalized spacial score (nSPS) is 14.3. The molecule has 0 aromatic carbocycles. The van der Waals surface area contributed by atoms with Crippen LogP contribution in [-0.4, -0.2) is 39.0 Å². The fourth-order valence-electron chi connectivity index (χ4n) is 1.59. The van der Waals surface area contributed by atoms with Gasteiger partial charge in [0, 0.05) is 19.3 Å². The molecule has 3 nitrogen and oxygen atoms in total. The highest BCUT2D eigenvalue weighted by molar-refractivity contribution is 4.74. The standard InChI is InChI=1S/C14H31NO2/c1-12(2)13(11-15-14(3,4)5)7-8-17-10-9-16-6/h12-13,15H,7-11H2,1-6H3. The van der Waals surface area contributed by atoms with Gasteiger partial charge in [-0.15, -0.1) is 0 Å². The summed E-state index contributed by atoms with van der Waals surface area (Å²) in [7, 11) is 1.70. The Balaban J connectivity index is 3.76. The third-order valence-electron chi connectivity index (χ3n) is 2.90. The quantitative estimate of drug-likeness (QED) is 0.634. The molecule has 1 N–H and O–H groups in total. The SMILES string of the molecule is COCCOCCC(CNC(C)(C)C)C(C)C. The van der Waals surface area contributed by atoms with E-state index in [0.717, 1.165) is 19.6 Å². The van der Waals surface area contributed by atoms with Gasteiger partial charge in [-0.1, -0.05) is 13.8 Å². The van der Waals surface area contributed by atoms with Crippen LogP contribution >= 0.6 is 0 Å². The van der Waals surface area contributed by atoms with Gasteiger partial charge in [-0.25, -0.2) is 0 Å². The van der Waals surface area contributed by atoms with Crippen LogP contribution in [-0.2, 0) is 9.47 Å². The minimum absolute atomic E-state index is 0.198. The Bertz CT molecular complexity index is 176. The Hall–Kier alpha value is -0.120. The maximum Gasteiger partial charge on any atom is 0.0700 e. The second kappa shape index (κ2) is 8.90. The van der Waals surface area contributed by atoms with Gasteiger partial charge in [0.2, 0.25) is 0 Å². The first-order valence-electron chi connectivity index (χ1n) is 6.68. The molecule has 0 aliphatic carbocycles. The summed E-state index contributed by atoms with van der Waals surface area (Å²) in [5.74, 6) is 1.37. The van der Waals surface area contributed by atoms with Crippen LogP contribution < -0.4 is 5.32 Å². The van der Waals surface area contributed by atoms with Crippen molar-refractivity contribution in [3.05, 3.63) is 0 Å². The van der Waals surface area contributed by atoms with Crippen LogP contribution in [0.2, 0.25) is 0 Å². The summed E-state index contributed by atoms with van der Waals surface area (Å²) in [5, 5.41) is 3.58. The first-order chi connectivity index (χ1) is 7.87.